The minimum absolute atomic E-state index is 0.749. The van der Waals surface area contributed by atoms with Gasteiger partial charge in [-0.15, -0.1) is 0 Å². The third kappa shape index (κ3) is 16.9. The summed E-state index contributed by atoms with van der Waals surface area (Å²) in [6.45, 7) is -1.09. The van der Waals surface area contributed by atoms with Crippen molar-refractivity contribution >= 4 is 35.6 Å². The molecular weight excluding hydrogens is 1240 g/mol. The van der Waals surface area contributed by atoms with Crippen molar-refractivity contribution in [3.05, 3.63) is 0 Å². The van der Waals surface area contributed by atoms with Gasteiger partial charge in [0.25, 0.3) is 11.6 Å². The first-order chi connectivity index (χ1) is 42.6. The number of carboxylic acids is 2. The summed E-state index contributed by atoms with van der Waals surface area (Å²) in [5, 5.41) is 216. The van der Waals surface area contributed by atoms with Crippen molar-refractivity contribution in [3.63, 3.8) is 0 Å². The number of hydrogen-bond donors (Lipinski definition) is 23. The van der Waals surface area contributed by atoms with E-state index >= 15 is 0 Å². The lowest BCUT2D eigenvalue weighted by Gasteiger charge is -2.51. The molecule has 524 valence electrons. The second-order valence-corrected chi connectivity index (χ2v) is 22.9. The first-order valence-electron chi connectivity index (χ1n) is 28.7. The average Bonchev–Trinajstić information content (AvgIpc) is 0.773. The van der Waals surface area contributed by atoms with E-state index in [4.69, 9.17) is 52.1 Å². The second-order valence-electron chi connectivity index (χ2n) is 22.9. The van der Waals surface area contributed by atoms with E-state index in [0.717, 1.165) is 27.7 Å². The molecule has 0 aromatic rings. The molecule has 40 nitrogen and oxygen atoms in total. The highest BCUT2D eigenvalue weighted by molar-refractivity contribution is 5.78. The molecule has 32 atom stereocenters. The largest absolute Gasteiger partial charge is 0.477 e. The highest BCUT2D eigenvalue weighted by Gasteiger charge is 2.63. The van der Waals surface area contributed by atoms with E-state index in [-0.39, 0.29) is 0 Å². The summed E-state index contributed by atoms with van der Waals surface area (Å²) in [5.41, 5.74) is 0. The molecule has 4 amide bonds. The normalized spacial score (nSPS) is 43.5. The molecule has 0 radical (unpaired) electrons. The van der Waals surface area contributed by atoms with Gasteiger partial charge >= 0.3 is 11.9 Å². The van der Waals surface area contributed by atoms with Crippen molar-refractivity contribution in [1.29, 1.82) is 0 Å². The third-order valence-corrected chi connectivity index (χ3v) is 16.2. The van der Waals surface area contributed by atoms with Gasteiger partial charge in [0.2, 0.25) is 23.6 Å². The molecule has 0 aromatic carbocycles. The Morgan fingerprint density at radius 3 is 1.20 bits per heavy atom. The Labute approximate surface area is 515 Å². The minimum atomic E-state index is -3.20. The van der Waals surface area contributed by atoms with Crippen molar-refractivity contribution < 1.29 is 178 Å². The number of ether oxygens (including phenoxy) is 11. The molecule has 0 spiro atoms. The van der Waals surface area contributed by atoms with E-state index in [1.807, 2.05) is 0 Å². The highest BCUT2D eigenvalue weighted by Crippen LogP contribution is 2.41. The number of aliphatic hydroxyl groups is 17. The van der Waals surface area contributed by atoms with Crippen LogP contribution in [0.1, 0.15) is 47.5 Å². The fourth-order valence-electron chi connectivity index (χ4n) is 11.7. The van der Waals surface area contributed by atoms with Gasteiger partial charge in [-0.25, -0.2) is 9.59 Å². The number of hydrogen-bond acceptors (Lipinski definition) is 34. The lowest BCUT2D eigenvalue weighted by atomic mass is 9.88. The van der Waals surface area contributed by atoms with Gasteiger partial charge < -0.3 is 170 Å². The molecule has 6 heterocycles. The zero-order chi connectivity index (χ0) is 68.0. The van der Waals surface area contributed by atoms with Gasteiger partial charge in [0.05, 0.1) is 76.1 Å². The average molecular weight is 1330 g/mol. The van der Waals surface area contributed by atoms with Crippen LogP contribution >= 0.6 is 0 Å². The Morgan fingerprint density at radius 2 is 0.824 bits per heavy atom. The maximum atomic E-state index is 13.1. The van der Waals surface area contributed by atoms with Crippen LogP contribution in [0, 0.1) is 0 Å². The van der Waals surface area contributed by atoms with Gasteiger partial charge in [0.15, 0.2) is 18.9 Å². The first-order valence-corrected chi connectivity index (χ1v) is 28.7. The SMILES string of the molecule is CC(=O)NC1[C@H](OCC2O[C@H](C)C(NC(C)=O)[C@@H](O[C@@H]3OC(CO)[C@H](O)[C@H](O[C@]4(C(=O)O)C[C@@H](O)[C@@H](NC(C)=O)C([C@H](O)[C@H](O)CO)O4)C3O)[C@H]2O)OC(CO)[C@@H](O[C@@H]2OC(CO)[C@H](O)[C@H](O[C@]3(C(=O)O)C[C@@H](O)[C@@H](NC(C)=O)C([C@H](O)[C@H](O)CO)O3)C2O)[C@@H]1O. The Hall–Kier alpha value is -4.30. The Balaban J connectivity index is 1.23. The molecule has 6 fully saturated rings. The predicted octanol–water partition coefficient (Wildman–Crippen LogP) is -14.0. The van der Waals surface area contributed by atoms with Crippen molar-refractivity contribution in [3.8, 4) is 0 Å². The number of carbonyl (C=O) groups is 6. The number of rotatable bonds is 26. The van der Waals surface area contributed by atoms with Crippen LogP contribution in [-0.4, -0.2) is 367 Å². The topological polar surface area (TPSA) is 636 Å². The number of carbonyl (C=O) groups excluding carboxylic acids is 4. The van der Waals surface area contributed by atoms with Crippen LogP contribution in [-0.2, 0) is 80.9 Å². The fraction of sp³-hybridized carbons (Fsp3) is 0.882. The molecule has 6 saturated heterocycles. The number of carboxylic acid groups (broad SMARTS) is 2. The number of nitrogens with one attached hydrogen (secondary N) is 4. The fourth-order valence-corrected chi connectivity index (χ4v) is 11.7. The van der Waals surface area contributed by atoms with Crippen molar-refractivity contribution in [2.75, 3.05) is 39.6 Å². The van der Waals surface area contributed by atoms with Crippen LogP contribution in [0.15, 0.2) is 0 Å². The van der Waals surface area contributed by atoms with Crippen molar-refractivity contribution in [2.45, 2.75) is 242 Å². The summed E-state index contributed by atoms with van der Waals surface area (Å²) in [5.74, 6) is -13.8. The molecule has 10 unspecified atom stereocenters. The van der Waals surface area contributed by atoms with Crippen LogP contribution in [0.3, 0.4) is 0 Å². The maximum absolute atomic E-state index is 13.1. The Kier molecular flexibility index (Phi) is 26.6. The summed E-state index contributed by atoms with van der Waals surface area (Å²) in [6.07, 6.45) is -55.4. The standard InChI is InChI=1S/C51H84N4O36/c1-14-27(52-15(2)61)40(87-47-38(76)44(34(72)24(11-59)84-47)91-51(49(79)80)7-20(66)29(54-17(4)63)42(89-51)32(70)22(68)9-57)35(73)26(82-14)13-81-45-30(55-18(5)64)36(74)39(25(12-60)85-45)86-46-37(75)43(33(71)23(10-58)83-46)90-50(48(77)78)6-19(65)28(53-16(3)62)41(88-50)31(69)21(67)8-56/h14,19-47,56-60,65-76H,6-13H2,1-5H3,(H,52,61)(H,53,62)(H,54,63)(H,55,64)(H,77,78)(H,79,80)/t14-,19-,20-,21-,22-,23?,24?,25?,26?,27?,28-,29-,30?,31-,32-,33+,34+,35+,36-,37?,38?,39-,40-,41?,42?,43+,44+,45-,46+,47+,50+,51+/m1/s1. The van der Waals surface area contributed by atoms with Gasteiger partial charge in [0.1, 0.15) is 128 Å². The van der Waals surface area contributed by atoms with E-state index in [1.54, 1.807) is 0 Å². The van der Waals surface area contributed by atoms with Crippen LogP contribution in [0.2, 0.25) is 0 Å². The summed E-state index contributed by atoms with van der Waals surface area (Å²) in [6, 6.07) is -6.53. The maximum Gasteiger partial charge on any atom is 0.364 e. The summed E-state index contributed by atoms with van der Waals surface area (Å²) < 4.78 is 64.0. The molecule has 23 N–H and O–H groups in total. The molecule has 6 aliphatic rings. The molecule has 0 saturated carbocycles. The predicted molar refractivity (Wildman–Crippen MR) is 283 cm³/mol. The number of amides is 4. The van der Waals surface area contributed by atoms with E-state index in [9.17, 15) is 126 Å². The van der Waals surface area contributed by atoms with Crippen LogP contribution in [0.5, 0.6) is 0 Å². The van der Waals surface area contributed by atoms with Crippen LogP contribution < -0.4 is 21.3 Å². The zero-order valence-corrected chi connectivity index (χ0v) is 49.4. The minimum Gasteiger partial charge on any atom is -0.477 e. The number of aliphatic carboxylic acids is 2. The van der Waals surface area contributed by atoms with Gasteiger partial charge in [-0.3, -0.25) is 19.2 Å². The molecule has 40 heteroatoms. The second kappa shape index (κ2) is 32.0. The summed E-state index contributed by atoms with van der Waals surface area (Å²) >= 11 is 0. The molecular formula is C51H84N4O36. The van der Waals surface area contributed by atoms with E-state index < -0.39 is 283 Å². The van der Waals surface area contributed by atoms with Crippen LogP contribution in [0.25, 0.3) is 0 Å². The summed E-state index contributed by atoms with van der Waals surface area (Å²) in [7, 11) is 0. The molecule has 0 aliphatic carbocycles. The van der Waals surface area contributed by atoms with Gasteiger partial charge in [0, 0.05) is 40.5 Å². The van der Waals surface area contributed by atoms with E-state index in [2.05, 4.69) is 21.3 Å². The summed E-state index contributed by atoms with van der Waals surface area (Å²) in [4.78, 5) is 75.7. The van der Waals surface area contributed by atoms with Crippen molar-refractivity contribution in [1.82, 2.24) is 21.3 Å². The Morgan fingerprint density at radius 1 is 0.462 bits per heavy atom. The van der Waals surface area contributed by atoms with E-state index in [0.29, 0.717) is 0 Å². The molecule has 6 rings (SSSR count). The highest BCUT2D eigenvalue weighted by atomic mass is 16.8. The first kappa shape index (κ1) is 75.7. The Bertz CT molecular complexity index is 2450. The zero-order valence-electron chi connectivity index (χ0n) is 49.4. The van der Waals surface area contributed by atoms with Gasteiger partial charge in [-0.05, 0) is 6.92 Å². The van der Waals surface area contributed by atoms with Gasteiger partial charge in [-0.2, -0.15) is 0 Å². The number of aliphatic hydroxyl groups excluding tert-OH is 17. The molecule has 91 heavy (non-hydrogen) atoms. The van der Waals surface area contributed by atoms with Crippen molar-refractivity contribution in [2.24, 2.45) is 0 Å². The smallest absolute Gasteiger partial charge is 0.364 e. The van der Waals surface area contributed by atoms with E-state index in [1.165, 1.54) is 6.92 Å². The monoisotopic (exact) mass is 1330 g/mol. The van der Waals surface area contributed by atoms with Crippen LogP contribution in [0.4, 0.5) is 0 Å². The third-order valence-electron chi connectivity index (χ3n) is 16.2. The lowest BCUT2D eigenvalue weighted by molar-refractivity contribution is -0.383. The van der Waals surface area contributed by atoms with Gasteiger partial charge in [-0.1, -0.05) is 0 Å². The lowest BCUT2D eigenvalue weighted by Crippen LogP contribution is -2.71. The molecule has 0 bridgehead atoms. The molecule has 6 aliphatic heterocycles. The quantitative estimate of drug-likeness (QED) is 0.0382. The molecule has 0 aromatic heterocycles.